The molecule has 3 rings (SSSR count). The highest BCUT2D eigenvalue weighted by Crippen LogP contribution is 2.17. The summed E-state index contributed by atoms with van der Waals surface area (Å²) in [6.07, 6.45) is 3.57. The van der Waals surface area contributed by atoms with Crippen LogP contribution in [0, 0.1) is 6.92 Å². The van der Waals surface area contributed by atoms with Crippen LogP contribution in [0.1, 0.15) is 17.1 Å². The minimum Gasteiger partial charge on any atom is -0.306 e. The zero-order valence-corrected chi connectivity index (χ0v) is 11.3. The van der Waals surface area contributed by atoms with Gasteiger partial charge in [0.25, 0.3) is 0 Å². The maximum Gasteiger partial charge on any atom is 0.160 e. The summed E-state index contributed by atoms with van der Waals surface area (Å²) in [5.41, 5.74) is 3.88. The summed E-state index contributed by atoms with van der Waals surface area (Å²) >= 11 is 5.98. The molecule has 0 radical (unpaired) electrons. The maximum atomic E-state index is 5.98. The van der Waals surface area contributed by atoms with Crippen molar-refractivity contribution in [2.45, 2.75) is 19.3 Å². The van der Waals surface area contributed by atoms with E-state index >= 15 is 0 Å². The molecule has 0 spiro atoms. The number of halogens is 1. The van der Waals surface area contributed by atoms with E-state index in [2.05, 4.69) is 27.9 Å². The van der Waals surface area contributed by atoms with Gasteiger partial charge < -0.3 is 4.57 Å². The molecule has 0 aromatic carbocycles. The lowest BCUT2D eigenvalue weighted by Gasteiger charge is -2.08. The molecule has 4 nitrogen and oxygen atoms in total. The van der Waals surface area contributed by atoms with Gasteiger partial charge in [-0.25, -0.2) is 9.97 Å². The number of imidazole rings is 1. The SMILES string of the molecule is Cc1cccnc1Cn1c(CCl)nc2cccnc21. The first-order valence-electron chi connectivity index (χ1n) is 6.06. The Morgan fingerprint density at radius 1 is 1.16 bits per heavy atom. The Kier molecular flexibility index (Phi) is 3.17. The highest BCUT2D eigenvalue weighted by Gasteiger charge is 2.12. The molecule has 3 heterocycles. The average molecular weight is 273 g/mol. The molecule has 0 unspecified atom stereocenters. The highest BCUT2D eigenvalue weighted by molar-refractivity contribution is 6.16. The Hall–Kier alpha value is -1.94. The second kappa shape index (κ2) is 4.97. The summed E-state index contributed by atoms with van der Waals surface area (Å²) in [5.74, 6) is 1.18. The average Bonchev–Trinajstić information content (AvgIpc) is 2.79. The quantitative estimate of drug-likeness (QED) is 0.689. The number of hydrogen-bond acceptors (Lipinski definition) is 3. The molecule has 0 amide bonds. The highest BCUT2D eigenvalue weighted by atomic mass is 35.5. The third-order valence-electron chi connectivity index (χ3n) is 3.13. The number of aryl methyl sites for hydroxylation is 1. The van der Waals surface area contributed by atoms with Gasteiger partial charge in [-0.2, -0.15) is 0 Å². The molecule has 0 saturated carbocycles. The summed E-state index contributed by atoms with van der Waals surface area (Å²) in [5, 5.41) is 0. The first-order valence-corrected chi connectivity index (χ1v) is 6.59. The van der Waals surface area contributed by atoms with Crippen molar-refractivity contribution in [1.82, 2.24) is 19.5 Å². The lowest BCUT2D eigenvalue weighted by Crippen LogP contribution is -2.07. The molecule has 5 heteroatoms. The van der Waals surface area contributed by atoms with Crippen LogP contribution in [0.2, 0.25) is 0 Å². The van der Waals surface area contributed by atoms with Crippen LogP contribution in [0.15, 0.2) is 36.7 Å². The van der Waals surface area contributed by atoms with Crippen LogP contribution >= 0.6 is 11.6 Å². The fourth-order valence-electron chi connectivity index (χ4n) is 2.11. The van der Waals surface area contributed by atoms with E-state index < -0.39 is 0 Å². The number of aromatic nitrogens is 4. The predicted octanol–water partition coefficient (Wildman–Crippen LogP) is 2.92. The number of fused-ring (bicyclic) bond motifs is 1. The second-order valence-corrected chi connectivity index (χ2v) is 4.63. The normalized spacial score (nSPS) is 11.1. The molecule has 3 aromatic rings. The molecule has 19 heavy (non-hydrogen) atoms. The van der Waals surface area contributed by atoms with Crippen LogP contribution in [0.4, 0.5) is 0 Å². The molecule has 0 aliphatic heterocycles. The molecule has 0 saturated heterocycles. The van der Waals surface area contributed by atoms with E-state index in [-0.39, 0.29) is 0 Å². The minimum absolute atomic E-state index is 0.363. The summed E-state index contributed by atoms with van der Waals surface area (Å²) in [4.78, 5) is 13.3. The molecular weight excluding hydrogens is 260 g/mol. The number of rotatable bonds is 3. The third-order valence-corrected chi connectivity index (χ3v) is 3.37. The molecule has 3 aromatic heterocycles. The van der Waals surface area contributed by atoms with Crippen molar-refractivity contribution in [3.8, 4) is 0 Å². The van der Waals surface area contributed by atoms with Crippen molar-refractivity contribution < 1.29 is 0 Å². The fraction of sp³-hybridized carbons (Fsp3) is 0.214. The van der Waals surface area contributed by atoms with E-state index in [9.17, 15) is 0 Å². The van der Waals surface area contributed by atoms with Crippen molar-refractivity contribution >= 4 is 22.8 Å². The van der Waals surface area contributed by atoms with Crippen molar-refractivity contribution in [1.29, 1.82) is 0 Å². The van der Waals surface area contributed by atoms with Crippen molar-refractivity contribution in [2.75, 3.05) is 0 Å². The Morgan fingerprint density at radius 2 is 1.95 bits per heavy atom. The molecule has 0 bridgehead atoms. The molecule has 0 fully saturated rings. The molecule has 96 valence electrons. The van der Waals surface area contributed by atoms with Crippen molar-refractivity contribution in [3.05, 3.63) is 53.7 Å². The van der Waals surface area contributed by atoms with E-state index in [1.165, 1.54) is 0 Å². The zero-order valence-electron chi connectivity index (χ0n) is 10.5. The van der Waals surface area contributed by atoms with Crippen molar-refractivity contribution in [3.63, 3.8) is 0 Å². The lowest BCUT2D eigenvalue weighted by atomic mass is 10.2. The largest absolute Gasteiger partial charge is 0.306 e. The van der Waals surface area contributed by atoms with Gasteiger partial charge in [-0.3, -0.25) is 4.98 Å². The van der Waals surface area contributed by atoms with E-state index in [1.807, 2.05) is 22.8 Å². The Balaban J connectivity index is 2.12. The number of pyridine rings is 2. The molecule has 0 N–H and O–H groups in total. The second-order valence-electron chi connectivity index (χ2n) is 4.36. The van der Waals surface area contributed by atoms with Crippen LogP contribution in [0.5, 0.6) is 0 Å². The van der Waals surface area contributed by atoms with Gasteiger partial charge in [-0.05, 0) is 30.7 Å². The van der Waals surface area contributed by atoms with Gasteiger partial charge in [-0.15, -0.1) is 11.6 Å². The molecule has 0 aliphatic carbocycles. The van der Waals surface area contributed by atoms with Gasteiger partial charge in [0.1, 0.15) is 11.3 Å². The fourth-order valence-corrected chi connectivity index (χ4v) is 2.31. The zero-order chi connectivity index (χ0) is 13.2. The lowest BCUT2D eigenvalue weighted by molar-refractivity contribution is 0.745. The number of nitrogens with zero attached hydrogens (tertiary/aromatic N) is 4. The van der Waals surface area contributed by atoms with E-state index in [0.717, 1.165) is 28.2 Å². The summed E-state index contributed by atoms with van der Waals surface area (Å²) in [6, 6.07) is 7.81. The van der Waals surface area contributed by atoms with Crippen LogP contribution in [0.3, 0.4) is 0 Å². The first-order chi connectivity index (χ1) is 9.29. The molecule has 0 atom stereocenters. The van der Waals surface area contributed by atoms with E-state index in [0.29, 0.717) is 12.4 Å². The number of alkyl halides is 1. The third kappa shape index (κ3) is 2.19. The predicted molar refractivity (Wildman–Crippen MR) is 75.2 cm³/mol. The maximum absolute atomic E-state index is 5.98. The Labute approximate surface area is 116 Å². The van der Waals surface area contributed by atoms with Crippen LogP contribution in [-0.4, -0.2) is 19.5 Å². The number of hydrogen-bond donors (Lipinski definition) is 0. The smallest absolute Gasteiger partial charge is 0.160 e. The van der Waals surface area contributed by atoms with Gasteiger partial charge in [-0.1, -0.05) is 6.07 Å². The summed E-state index contributed by atoms with van der Waals surface area (Å²) in [7, 11) is 0. The molecule has 0 aliphatic rings. The van der Waals surface area contributed by atoms with Crippen LogP contribution in [-0.2, 0) is 12.4 Å². The van der Waals surface area contributed by atoms with Crippen LogP contribution in [0.25, 0.3) is 11.2 Å². The van der Waals surface area contributed by atoms with Crippen LogP contribution < -0.4 is 0 Å². The standard InChI is InChI=1S/C14H13ClN4/c1-10-4-2-6-16-12(10)9-19-13(8-15)18-11-5-3-7-17-14(11)19/h2-7H,8-9H2,1H3. The Morgan fingerprint density at radius 3 is 2.74 bits per heavy atom. The minimum atomic E-state index is 0.363. The van der Waals surface area contributed by atoms with Gasteiger partial charge >= 0.3 is 0 Å². The van der Waals surface area contributed by atoms with Gasteiger partial charge in [0.2, 0.25) is 0 Å². The Bertz CT molecular complexity index is 720. The van der Waals surface area contributed by atoms with E-state index in [4.69, 9.17) is 11.6 Å². The van der Waals surface area contributed by atoms with E-state index in [1.54, 1.807) is 12.4 Å². The summed E-state index contributed by atoms with van der Waals surface area (Å²) < 4.78 is 2.03. The van der Waals surface area contributed by atoms with Gasteiger partial charge in [0.15, 0.2) is 5.65 Å². The van der Waals surface area contributed by atoms with Gasteiger partial charge in [0, 0.05) is 12.4 Å². The topological polar surface area (TPSA) is 43.6 Å². The van der Waals surface area contributed by atoms with Gasteiger partial charge in [0.05, 0.1) is 18.1 Å². The first kappa shape index (κ1) is 12.1. The summed E-state index contributed by atoms with van der Waals surface area (Å²) in [6.45, 7) is 2.69. The van der Waals surface area contributed by atoms with Crippen molar-refractivity contribution in [2.24, 2.45) is 0 Å². The molecular formula is C14H13ClN4. The monoisotopic (exact) mass is 272 g/mol.